The summed E-state index contributed by atoms with van der Waals surface area (Å²) in [6, 6.07) is 12.0. The molecule has 0 atom stereocenters. The van der Waals surface area contributed by atoms with Crippen LogP contribution in [0.25, 0.3) is 0 Å². The van der Waals surface area contributed by atoms with Gasteiger partial charge < -0.3 is 4.90 Å². The SMILES string of the molecule is CCN(CC)c1ccc(C=Nc2ccc(C(C)=O)cc2)cc1[N+](=O)[O-]. The molecule has 6 heteroatoms. The Morgan fingerprint density at radius 2 is 1.80 bits per heavy atom. The Morgan fingerprint density at radius 1 is 1.16 bits per heavy atom. The molecule has 0 N–H and O–H groups in total. The van der Waals surface area contributed by atoms with Crippen molar-refractivity contribution in [3.63, 3.8) is 0 Å². The van der Waals surface area contributed by atoms with Crippen LogP contribution in [0.1, 0.15) is 36.7 Å². The quantitative estimate of drug-likeness (QED) is 0.324. The normalized spacial score (nSPS) is 10.8. The predicted octanol–water partition coefficient (Wildman–Crippen LogP) is 4.39. The fourth-order valence-corrected chi connectivity index (χ4v) is 2.53. The summed E-state index contributed by atoms with van der Waals surface area (Å²) in [5.74, 6) is -0.00172. The summed E-state index contributed by atoms with van der Waals surface area (Å²) in [4.78, 5) is 28.6. The van der Waals surface area contributed by atoms with Gasteiger partial charge in [0.25, 0.3) is 5.69 Å². The van der Waals surface area contributed by atoms with Crippen molar-refractivity contribution in [1.29, 1.82) is 0 Å². The van der Waals surface area contributed by atoms with Gasteiger partial charge in [0.05, 0.1) is 10.6 Å². The van der Waals surface area contributed by atoms with E-state index < -0.39 is 0 Å². The van der Waals surface area contributed by atoms with Crippen molar-refractivity contribution in [3.05, 3.63) is 63.7 Å². The monoisotopic (exact) mass is 339 g/mol. The largest absolute Gasteiger partial charge is 0.367 e. The molecule has 2 aromatic rings. The van der Waals surface area contributed by atoms with Crippen molar-refractivity contribution in [2.75, 3.05) is 18.0 Å². The lowest BCUT2D eigenvalue weighted by Crippen LogP contribution is -2.22. The van der Waals surface area contributed by atoms with Crippen LogP contribution in [-0.2, 0) is 0 Å². The Labute approximate surface area is 147 Å². The minimum absolute atomic E-state index is 0.00172. The van der Waals surface area contributed by atoms with Crippen LogP contribution in [0.5, 0.6) is 0 Å². The number of ketones is 1. The second-order valence-electron chi connectivity index (χ2n) is 5.54. The van der Waals surface area contributed by atoms with Crippen molar-refractivity contribution in [2.24, 2.45) is 4.99 Å². The van der Waals surface area contributed by atoms with Gasteiger partial charge in [0, 0.05) is 30.9 Å². The van der Waals surface area contributed by atoms with E-state index in [-0.39, 0.29) is 16.4 Å². The molecule has 2 rings (SSSR count). The van der Waals surface area contributed by atoms with Crippen molar-refractivity contribution in [1.82, 2.24) is 0 Å². The molecule has 0 radical (unpaired) electrons. The number of carbonyl (C=O) groups is 1. The first-order chi connectivity index (χ1) is 12.0. The lowest BCUT2D eigenvalue weighted by atomic mass is 10.1. The van der Waals surface area contributed by atoms with E-state index in [0.717, 1.165) is 0 Å². The third-order valence-corrected chi connectivity index (χ3v) is 3.94. The van der Waals surface area contributed by atoms with E-state index in [1.165, 1.54) is 13.0 Å². The zero-order valence-corrected chi connectivity index (χ0v) is 14.6. The van der Waals surface area contributed by atoms with Crippen LogP contribution in [0, 0.1) is 10.1 Å². The van der Waals surface area contributed by atoms with Gasteiger partial charge in [0.1, 0.15) is 5.69 Å². The van der Waals surface area contributed by atoms with E-state index in [4.69, 9.17) is 0 Å². The van der Waals surface area contributed by atoms with Crippen LogP contribution < -0.4 is 4.90 Å². The van der Waals surface area contributed by atoms with Gasteiger partial charge in [-0.05, 0) is 56.7 Å². The minimum atomic E-state index is -0.368. The Morgan fingerprint density at radius 3 is 2.32 bits per heavy atom. The highest BCUT2D eigenvalue weighted by atomic mass is 16.6. The predicted molar refractivity (Wildman–Crippen MR) is 100 cm³/mol. The summed E-state index contributed by atoms with van der Waals surface area (Å²) in [5.41, 5.74) is 2.63. The molecule has 0 saturated carbocycles. The van der Waals surface area contributed by atoms with E-state index in [9.17, 15) is 14.9 Å². The molecular weight excluding hydrogens is 318 g/mol. The third-order valence-electron chi connectivity index (χ3n) is 3.94. The maximum absolute atomic E-state index is 11.4. The number of anilines is 1. The number of nitro groups is 1. The number of hydrogen-bond acceptors (Lipinski definition) is 5. The summed E-state index contributed by atoms with van der Waals surface area (Å²) in [7, 11) is 0. The van der Waals surface area contributed by atoms with E-state index in [0.29, 0.717) is 35.6 Å². The standard InChI is InChI=1S/C19H21N3O3/c1-4-21(5-2)18-11-6-15(12-19(18)22(24)25)13-20-17-9-7-16(8-10-17)14(3)23/h6-13H,4-5H2,1-3H3. The van der Waals surface area contributed by atoms with Gasteiger partial charge in [-0.1, -0.05) is 6.07 Å². The molecule has 6 nitrogen and oxygen atoms in total. The number of carbonyl (C=O) groups excluding carboxylic acids is 1. The average Bonchev–Trinajstić information content (AvgIpc) is 2.61. The molecule has 0 spiro atoms. The van der Waals surface area contributed by atoms with Crippen LogP contribution in [0.3, 0.4) is 0 Å². The molecular formula is C19H21N3O3. The highest BCUT2D eigenvalue weighted by Gasteiger charge is 2.17. The fourth-order valence-electron chi connectivity index (χ4n) is 2.53. The van der Waals surface area contributed by atoms with Gasteiger partial charge in [-0.15, -0.1) is 0 Å². The summed E-state index contributed by atoms with van der Waals surface area (Å²) < 4.78 is 0. The Hall–Kier alpha value is -3.02. The summed E-state index contributed by atoms with van der Waals surface area (Å²) in [6.07, 6.45) is 1.59. The second-order valence-corrected chi connectivity index (χ2v) is 5.54. The van der Waals surface area contributed by atoms with Gasteiger partial charge in [-0.25, -0.2) is 0 Å². The van der Waals surface area contributed by atoms with E-state index in [2.05, 4.69) is 4.99 Å². The minimum Gasteiger partial charge on any atom is -0.367 e. The van der Waals surface area contributed by atoms with E-state index in [1.54, 1.807) is 36.5 Å². The zero-order valence-electron chi connectivity index (χ0n) is 14.6. The molecule has 0 fully saturated rings. The molecule has 0 unspecified atom stereocenters. The molecule has 0 aliphatic heterocycles. The first-order valence-electron chi connectivity index (χ1n) is 8.14. The molecule has 0 bridgehead atoms. The molecule has 0 aliphatic carbocycles. The molecule has 0 amide bonds. The van der Waals surface area contributed by atoms with Crippen LogP contribution in [-0.4, -0.2) is 30.0 Å². The van der Waals surface area contributed by atoms with Crippen LogP contribution in [0.15, 0.2) is 47.5 Å². The Kier molecular flexibility index (Phi) is 6.00. The third kappa shape index (κ3) is 4.50. The molecule has 2 aromatic carbocycles. The smallest absolute Gasteiger partial charge is 0.293 e. The molecule has 0 aromatic heterocycles. The lowest BCUT2D eigenvalue weighted by molar-refractivity contribution is -0.384. The van der Waals surface area contributed by atoms with Gasteiger partial charge in [-0.2, -0.15) is 0 Å². The van der Waals surface area contributed by atoms with Crippen molar-refractivity contribution >= 4 is 29.1 Å². The van der Waals surface area contributed by atoms with Gasteiger partial charge in [0.2, 0.25) is 0 Å². The lowest BCUT2D eigenvalue weighted by Gasteiger charge is -2.20. The first kappa shape index (κ1) is 18.3. The number of hydrogen-bond donors (Lipinski definition) is 0. The summed E-state index contributed by atoms with van der Waals surface area (Å²) in [5, 5.41) is 11.4. The van der Waals surface area contributed by atoms with Crippen molar-refractivity contribution in [3.8, 4) is 0 Å². The van der Waals surface area contributed by atoms with Gasteiger partial charge in [-0.3, -0.25) is 19.9 Å². The number of nitro benzene ring substituents is 1. The number of Topliss-reactive ketones (excluding diaryl/α,β-unsaturated/α-hetero) is 1. The molecule has 25 heavy (non-hydrogen) atoms. The molecule has 0 heterocycles. The number of nitrogens with zero attached hydrogens (tertiary/aromatic N) is 3. The molecule has 0 aliphatic rings. The topological polar surface area (TPSA) is 75.8 Å². The number of aliphatic imine (C=N–C) groups is 1. The number of rotatable bonds is 7. The average molecular weight is 339 g/mol. The fraction of sp³-hybridized carbons (Fsp3) is 0.263. The second kappa shape index (κ2) is 8.19. The Balaban J connectivity index is 2.29. The van der Waals surface area contributed by atoms with Crippen LogP contribution in [0.4, 0.5) is 17.1 Å². The summed E-state index contributed by atoms with van der Waals surface area (Å²) >= 11 is 0. The Bertz CT molecular complexity index is 794. The highest BCUT2D eigenvalue weighted by Crippen LogP contribution is 2.29. The number of benzene rings is 2. The maximum Gasteiger partial charge on any atom is 0.293 e. The van der Waals surface area contributed by atoms with Crippen molar-refractivity contribution < 1.29 is 9.72 Å². The first-order valence-corrected chi connectivity index (χ1v) is 8.14. The van der Waals surface area contributed by atoms with E-state index in [1.807, 2.05) is 24.8 Å². The molecule has 0 saturated heterocycles. The zero-order chi connectivity index (χ0) is 18.4. The van der Waals surface area contributed by atoms with Crippen LogP contribution in [0.2, 0.25) is 0 Å². The maximum atomic E-state index is 11.4. The molecule has 130 valence electrons. The van der Waals surface area contributed by atoms with Crippen molar-refractivity contribution in [2.45, 2.75) is 20.8 Å². The highest BCUT2D eigenvalue weighted by molar-refractivity contribution is 5.94. The van der Waals surface area contributed by atoms with Crippen LogP contribution >= 0.6 is 0 Å². The van der Waals surface area contributed by atoms with Gasteiger partial charge >= 0.3 is 0 Å². The van der Waals surface area contributed by atoms with E-state index >= 15 is 0 Å². The van der Waals surface area contributed by atoms with Gasteiger partial charge in [0.15, 0.2) is 5.78 Å². The summed E-state index contributed by atoms with van der Waals surface area (Å²) in [6.45, 7) is 6.84.